The fourth-order valence-corrected chi connectivity index (χ4v) is 6.70. The summed E-state index contributed by atoms with van der Waals surface area (Å²) >= 11 is 0. The molecule has 3 aromatic heterocycles. The first kappa shape index (κ1) is 26.4. The van der Waals surface area contributed by atoms with Gasteiger partial charge in [-0.1, -0.05) is 0 Å². The summed E-state index contributed by atoms with van der Waals surface area (Å²) in [5, 5.41) is 9.20. The number of aromatic nitrogens is 3. The number of ether oxygens (including phenoxy) is 1. The molecule has 37 heavy (non-hydrogen) atoms. The maximum Gasteiger partial charge on any atom is 0.280 e. The van der Waals surface area contributed by atoms with E-state index in [-0.39, 0.29) is 32.3 Å². The highest BCUT2D eigenvalue weighted by molar-refractivity contribution is 8.09. The molecule has 14 heteroatoms. The number of aryl methyl sites for hydroxylation is 1. The minimum absolute atomic E-state index is 0.0867. The van der Waals surface area contributed by atoms with E-state index in [0.29, 0.717) is 36.5 Å². The number of pyridine rings is 3. The lowest BCUT2D eigenvalue weighted by Gasteiger charge is -2.23. The van der Waals surface area contributed by atoms with E-state index in [1.54, 1.807) is 0 Å². The third-order valence-electron chi connectivity index (χ3n) is 5.39. The zero-order valence-corrected chi connectivity index (χ0v) is 21.5. The van der Waals surface area contributed by atoms with E-state index in [2.05, 4.69) is 15.0 Å². The minimum Gasteiger partial charge on any atom is -0.435 e. The first-order valence-corrected chi connectivity index (χ1v) is 14.5. The van der Waals surface area contributed by atoms with Crippen molar-refractivity contribution in [3.8, 4) is 29.0 Å². The summed E-state index contributed by atoms with van der Waals surface area (Å²) < 4.78 is 83.1. The van der Waals surface area contributed by atoms with Gasteiger partial charge in [0.1, 0.15) is 17.5 Å². The highest BCUT2D eigenvalue weighted by Gasteiger charge is 2.34. The van der Waals surface area contributed by atoms with Crippen molar-refractivity contribution in [2.45, 2.75) is 32.1 Å². The second kappa shape index (κ2) is 9.64. The Morgan fingerprint density at radius 2 is 1.76 bits per heavy atom. The van der Waals surface area contributed by atoms with Gasteiger partial charge in [0, 0.05) is 23.9 Å². The van der Waals surface area contributed by atoms with E-state index in [1.807, 2.05) is 6.07 Å². The van der Waals surface area contributed by atoms with Crippen LogP contribution >= 0.6 is 0 Å². The molecule has 0 unspecified atom stereocenters. The van der Waals surface area contributed by atoms with Crippen molar-refractivity contribution in [3.05, 3.63) is 59.2 Å². The summed E-state index contributed by atoms with van der Waals surface area (Å²) in [6, 6.07) is 7.15. The quantitative estimate of drug-likeness (QED) is 0.406. The number of rotatable bonds is 8. The first-order valence-electron chi connectivity index (χ1n) is 10.8. The molecule has 0 saturated heterocycles. The van der Waals surface area contributed by atoms with Crippen LogP contribution in [-0.4, -0.2) is 44.3 Å². The normalized spacial score (nSPS) is 13.9. The average molecular weight is 550 g/mol. The van der Waals surface area contributed by atoms with Gasteiger partial charge in [-0.2, -0.15) is 8.97 Å². The summed E-state index contributed by atoms with van der Waals surface area (Å²) in [6.07, 6.45) is 2.76. The zero-order chi connectivity index (χ0) is 27.1. The average Bonchev–Trinajstić information content (AvgIpc) is 3.64. The molecule has 0 spiro atoms. The summed E-state index contributed by atoms with van der Waals surface area (Å²) in [5.41, 5.74) is 0.535. The van der Waals surface area contributed by atoms with Gasteiger partial charge in [0.25, 0.3) is 6.43 Å². The maximum atomic E-state index is 13.4. The number of halogens is 2. The molecular formula is C23H21F2N5O5S2. The molecule has 0 bridgehead atoms. The lowest BCUT2D eigenvalue weighted by atomic mass is 10.1. The highest BCUT2D eigenvalue weighted by Crippen LogP contribution is 2.47. The van der Waals surface area contributed by atoms with Crippen molar-refractivity contribution in [2.24, 2.45) is 0 Å². The number of alkyl halides is 2. The molecule has 0 aromatic carbocycles. The summed E-state index contributed by atoms with van der Waals surface area (Å²) in [7, 11) is -8.73. The van der Waals surface area contributed by atoms with Gasteiger partial charge >= 0.3 is 0 Å². The van der Waals surface area contributed by atoms with Crippen LogP contribution in [0.4, 0.5) is 14.5 Å². The lowest BCUT2D eigenvalue weighted by Crippen LogP contribution is -2.35. The smallest absolute Gasteiger partial charge is 0.280 e. The zero-order valence-electron chi connectivity index (χ0n) is 19.9. The molecule has 1 aliphatic rings. The molecule has 1 aliphatic carbocycles. The topological polar surface area (TPSA) is 143 Å². The molecule has 0 radical (unpaired) electrons. The predicted octanol–water partition coefficient (Wildman–Crippen LogP) is 4.05. The van der Waals surface area contributed by atoms with Gasteiger partial charge in [-0.25, -0.2) is 35.6 Å². The Hall–Kier alpha value is -3.70. The molecule has 0 aliphatic heterocycles. The molecule has 194 valence electrons. The van der Waals surface area contributed by atoms with Crippen LogP contribution in [0, 0.1) is 18.3 Å². The Morgan fingerprint density at radius 1 is 1.08 bits per heavy atom. The Labute approximate surface area is 212 Å². The lowest BCUT2D eigenvalue weighted by molar-refractivity contribution is 0.145. The largest absolute Gasteiger partial charge is 0.435 e. The van der Waals surface area contributed by atoms with Crippen LogP contribution in [0.3, 0.4) is 0 Å². The van der Waals surface area contributed by atoms with E-state index >= 15 is 0 Å². The van der Waals surface area contributed by atoms with Gasteiger partial charge in [0.2, 0.25) is 25.9 Å². The molecule has 10 nitrogen and oxygen atoms in total. The van der Waals surface area contributed by atoms with E-state index in [0.717, 1.165) is 6.07 Å². The number of nitriles is 1. The van der Waals surface area contributed by atoms with Crippen molar-refractivity contribution >= 4 is 25.7 Å². The fourth-order valence-electron chi connectivity index (χ4n) is 3.74. The van der Waals surface area contributed by atoms with Crippen molar-refractivity contribution in [3.63, 3.8) is 0 Å². The van der Waals surface area contributed by atoms with Crippen molar-refractivity contribution in [1.29, 1.82) is 5.26 Å². The van der Waals surface area contributed by atoms with Crippen LogP contribution in [0.2, 0.25) is 0 Å². The monoisotopic (exact) mass is 549 g/mol. The summed E-state index contributed by atoms with van der Waals surface area (Å²) in [5.74, 6) is -0.465. The van der Waals surface area contributed by atoms with Gasteiger partial charge in [0.15, 0.2) is 5.75 Å². The Morgan fingerprint density at radius 3 is 2.32 bits per heavy atom. The van der Waals surface area contributed by atoms with Crippen molar-refractivity contribution in [1.82, 2.24) is 15.0 Å². The number of anilines is 1. The third kappa shape index (κ3) is 5.67. The summed E-state index contributed by atoms with van der Waals surface area (Å²) in [6.45, 7) is 1.53. The number of sulfonamides is 2. The third-order valence-corrected chi connectivity index (χ3v) is 8.62. The maximum absolute atomic E-state index is 13.4. The Kier molecular flexibility index (Phi) is 6.87. The van der Waals surface area contributed by atoms with Gasteiger partial charge in [0.05, 0.1) is 29.5 Å². The van der Waals surface area contributed by atoms with Crippen LogP contribution in [0.1, 0.15) is 47.7 Å². The van der Waals surface area contributed by atoms with Crippen LogP contribution in [0.15, 0.2) is 36.7 Å². The van der Waals surface area contributed by atoms with Gasteiger partial charge in [-0.15, -0.1) is 0 Å². The number of nitrogens with zero attached hydrogens (tertiary/aromatic N) is 5. The Balaban J connectivity index is 1.95. The molecule has 0 atom stereocenters. The van der Waals surface area contributed by atoms with E-state index in [4.69, 9.17) is 4.74 Å². The van der Waals surface area contributed by atoms with E-state index < -0.39 is 43.7 Å². The minimum atomic E-state index is -4.37. The van der Waals surface area contributed by atoms with E-state index in [9.17, 15) is 30.9 Å². The molecule has 4 rings (SSSR count). The predicted molar refractivity (Wildman–Crippen MR) is 130 cm³/mol. The molecule has 1 fully saturated rings. The van der Waals surface area contributed by atoms with Crippen molar-refractivity contribution < 1.29 is 30.4 Å². The SMILES string of the molecule is Cc1cc(C(F)F)nc(C2CC2)c1Oc1nc(-c2cncc(C#N)c2)ccc1N(S(C)(=O)=O)S(C)(=O)=O. The summed E-state index contributed by atoms with van der Waals surface area (Å²) in [4.78, 5) is 12.4. The van der Waals surface area contributed by atoms with Gasteiger partial charge < -0.3 is 4.74 Å². The van der Waals surface area contributed by atoms with Crippen molar-refractivity contribution in [2.75, 3.05) is 16.2 Å². The second-order valence-electron chi connectivity index (χ2n) is 8.57. The van der Waals surface area contributed by atoms with Crippen LogP contribution in [0.5, 0.6) is 11.6 Å². The Bertz CT molecular complexity index is 1600. The van der Waals surface area contributed by atoms with Crippen LogP contribution in [0.25, 0.3) is 11.3 Å². The standard InChI is InChI=1S/C23H21F2N5O5S2/c1-13-8-18(22(24)25)28-20(15-4-5-15)21(13)35-23-19(30(36(2,31)32)37(3,33)34)7-6-17(29-23)16-9-14(10-26)11-27-12-16/h6-9,11-12,15,22H,4-5H2,1-3H3. The molecule has 3 aromatic rings. The fraction of sp³-hybridized carbons (Fsp3) is 0.304. The molecular weight excluding hydrogens is 528 g/mol. The van der Waals surface area contributed by atoms with Crippen LogP contribution in [-0.2, 0) is 20.0 Å². The van der Waals surface area contributed by atoms with Gasteiger partial charge in [-0.05, 0) is 49.6 Å². The second-order valence-corrected chi connectivity index (χ2v) is 12.5. The van der Waals surface area contributed by atoms with Gasteiger partial charge in [-0.3, -0.25) is 4.98 Å². The molecule has 0 N–H and O–H groups in total. The number of hydrogen-bond acceptors (Lipinski definition) is 9. The first-order chi connectivity index (χ1) is 17.3. The highest BCUT2D eigenvalue weighted by atomic mass is 32.3. The number of hydrogen-bond donors (Lipinski definition) is 0. The molecule has 0 amide bonds. The van der Waals surface area contributed by atoms with E-state index in [1.165, 1.54) is 37.5 Å². The van der Waals surface area contributed by atoms with Crippen LogP contribution < -0.4 is 8.45 Å². The molecule has 3 heterocycles. The molecule has 1 saturated carbocycles.